The fraction of sp³-hybridized carbons (Fsp3) is 0.167. The zero-order chi connectivity index (χ0) is 5.98. The Bertz CT molecular complexity index is 168. The van der Waals surface area contributed by atoms with Crippen molar-refractivity contribution < 1.29 is 4.39 Å². The molecule has 0 aliphatic rings. The van der Waals surface area contributed by atoms with Crippen molar-refractivity contribution in [2.24, 2.45) is 0 Å². The van der Waals surface area contributed by atoms with Crippen LogP contribution < -0.4 is 0 Å². The zero-order valence-corrected chi connectivity index (χ0v) is 4.48. The van der Waals surface area contributed by atoms with E-state index in [0.29, 0.717) is 0 Å². The van der Waals surface area contributed by atoms with Crippen LogP contribution in [0.25, 0.3) is 0 Å². The first-order valence-corrected chi connectivity index (χ1v) is 2.29. The molecule has 8 heavy (non-hydrogen) atoms. The third-order valence-electron chi connectivity index (χ3n) is 0.794. The summed E-state index contributed by atoms with van der Waals surface area (Å²) in [6.45, 7) is 1.78. The number of pyridine rings is 1. The number of aryl methyl sites for hydroxylation is 1. The Kier molecular flexibility index (Phi) is 1.24. The van der Waals surface area contributed by atoms with Gasteiger partial charge >= 0.3 is 0 Å². The molecule has 0 N–H and O–H groups in total. The van der Waals surface area contributed by atoms with Crippen LogP contribution in [0.3, 0.4) is 0 Å². The largest absolute Gasteiger partial charge is 0.251 e. The maximum Gasteiger partial charge on any atom is 0.151 e. The van der Waals surface area contributed by atoms with Crippen molar-refractivity contribution in [2.45, 2.75) is 6.92 Å². The van der Waals surface area contributed by atoms with Gasteiger partial charge in [-0.15, -0.1) is 0 Å². The Morgan fingerprint density at radius 1 is 1.75 bits per heavy atom. The number of halogens is 1. The lowest BCUT2D eigenvalue weighted by Gasteiger charge is -1.85. The Morgan fingerprint density at radius 2 is 2.50 bits per heavy atom. The first-order valence-electron chi connectivity index (χ1n) is 2.29. The highest BCUT2D eigenvalue weighted by atomic mass is 19.1. The van der Waals surface area contributed by atoms with E-state index in [-0.39, 0.29) is 0 Å². The van der Waals surface area contributed by atoms with Crippen LogP contribution in [0.4, 0.5) is 4.39 Å². The lowest BCUT2D eigenvalue weighted by Crippen LogP contribution is -1.78. The maximum absolute atomic E-state index is 12.0. The van der Waals surface area contributed by atoms with Gasteiger partial charge in [-0.3, -0.25) is 4.98 Å². The quantitative estimate of drug-likeness (QED) is 0.491. The second-order valence-corrected chi connectivity index (χ2v) is 1.61. The fourth-order valence-electron chi connectivity index (χ4n) is 0.465. The van der Waals surface area contributed by atoms with Gasteiger partial charge in [0.2, 0.25) is 0 Å². The average Bonchev–Trinajstić information content (AvgIpc) is 1.64. The van der Waals surface area contributed by atoms with Crippen molar-refractivity contribution >= 4 is 0 Å². The van der Waals surface area contributed by atoms with E-state index in [1.807, 2.05) is 0 Å². The van der Waals surface area contributed by atoms with Crippen LogP contribution in [0.2, 0.25) is 0 Å². The lowest BCUT2D eigenvalue weighted by atomic mass is 10.3. The molecule has 0 unspecified atom stereocenters. The average molecular weight is 110 g/mol. The summed E-state index contributed by atoms with van der Waals surface area (Å²) in [4.78, 5) is 3.48. The van der Waals surface area contributed by atoms with Crippen LogP contribution in [0.5, 0.6) is 0 Å². The normalized spacial score (nSPS) is 9.25. The van der Waals surface area contributed by atoms with Gasteiger partial charge in [0, 0.05) is 6.20 Å². The predicted octanol–water partition coefficient (Wildman–Crippen LogP) is 1.33. The highest BCUT2D eigenvalue weighted by Crippen LogP contribution is 1.95. The molecule has 1 nitrogen and oxygen atoms in total. The molecule has 0 saturated heterocycles. The van der Waals surface area contributed by atoms with Gasteiger partial charge in [-0.05, 0) is 18.6 Å². The van der Waals surface area contributed by atoms with Gasteiger partial charge in [-0.25, -0.2) is 4.39 Å². The molecule has 0 saturated carbocycles. The number of rotatable bonds is 0. The molecular formula is C6H5FN. The molecule has 0 aliphatic carbocycles. The van der Waals surface area contributed by atoms with E-state index in [2.05, 4.69) is 11.2 Å². The monoisotopic (exact) mass is 110 g/mol. The molecule has 0 aromatic carbocycles. The molecule has 2 heteroatoms. The Balaban J connectivity index is 3.08. The molecule has 1 heterocycles. The maximum atomic E-state index is 12.0. The van der Waals surface area contributed by atoms with E-state index in [4.69, 9.17) is 0 Å². The molecule has 1 aromatic heterocycles. The number of hydrogen-bond acceptors (Lipinski definition) is 1. The second-order valence-electron chi connectivity index (χ2n) is 1.61. The van der Waals surface area contributed by atoms with E-state index < -0.39 is 5.82 Å². The molecule has 1 radical (unpaired) electrons. The molecule has 0 aliphatic heterocycles. The third kappa shape index (κ3) is 1.03. The van der Waals surface area contributed by atoms with Gasteiger partial charge in [0.05, 0.1) is 0 Å². The molecule has 0 atom stereocenters. The third-order valence-corrected chi connectivity index (χ3v) is 0.794. The number of aromatic nitrogens is 1. The van der Waals surface area contributed by atoms with Crippen LogP contribution in [0, 0.1) is 18.9 Å². The topological polar surface area (TPSA) is 12.9 Å². The van der Waals surface area contributed by atoms with Crippen LogP contribution in [-0.4, -0.2) is 4.98 Å². The van der Waals surface area contributed by atoms with Crippen molar-refractivity contribution in [3.05, 3.63) is 29.8 Å². The van der Waals surface area contributed by atoms with Crippen molar-refractivity contribution in [1.82, 2.24) is 4.98 Å². The Labute approximate surface area is 47.2 Å². The van der Waals surface area contributed by atoms with Crippen LogP contribution in [0.1, 0.15) is 5.56 Å². The van der Waals surface area contributed by atoms with Gasteiger partial charge in [-0.2, -0.15) is 0 Å². The van der Waals surface area contributed by atoms with E-state index in [1.165, 1.54) is 6.07 Å². The van der Waals surface area contributed by atoms with Gasteiger partial charge in [-0.1, -0.05) is 0 Å². The molecule has 1 aromatic rings. The van der Waals surface area contributed by atoms with E-state index in [9.17, 15) is 4.39 Å². The van der Waals surface area contributed by atoms with Gasteiger partial charge in [0.1, 0.15) is 6.20 Å². The Hall–Kier alpha value is -0.920. The van der Waals surface area contributed by atoms with E-state index >= 15 is 0 Å². The highest BCUT2D eigenvalue weighted by Gasteiger charge is 1.87. The van der Waals surface area contributed by atoms with Gasteiger partial charge < -0.3 is 0 Å². The van der Waals surface area contributed by atoms with Crippen molar-refractivity contribution in [1.29, 1.82) is 0 Å². The first kappa shape index (κ1) is 5.22. The Morgan fingerprint density at radius 3 is 2.88 bits per heavy atom. The number of hydrogen-bond donors (Lipinski definition) is 0. The number of nitrogens with zero attached hydrogens (tertiary/aromatic N) is 1. The summed E-state index contributed by atoms with van der Waals surface area (Å²) in [6, 6.07) is 1.38. The highest BCUT2D eigenvalue weighted by molar-refractivity contribution is 5.05. The zero-order valence-electron chi connectivity index (χ0n) is 4.48. The summed E-state index contributed by atoms with van der Waals surface area (Å²) >= 11 is 0. The van der Waals surface area contributed by atoms with E-state index in [0.717, 1.165) is 5.56 Å². The van der Waals surface area contributed by atoms with Gasteiger partial charge in [0.15, 0.2) is 5.82 Å². The molecule has 1 rings (SSSR count). The van der Waals surface area contributed by atoms with Crippen molar-refractivity contribution in [3.8, 4) is 0 Å². The molecule has 0 bridgehead atoms. The minimum atomic E-state index is -0.398. The van der Waals surface area contributed by atoms with Gasteiger partial charge in [0.25, 0.3) is 0 Å². The molecular weight excluding hydrogens is 105 g/mol. The standard InChI is InChI=1S/C6H5FN/c1-5-2-6(7)4-8-3-5/h2-3H,1H3. The summed E-state index contributed by atoms with van der Waals surface area (Å²) < 4.78 is 12.0. The molecule has 0 amide bonds. The summed E-state index contributed by atoms with van der Waals surface area (Å²) in [5.41, 5.74) is 0.821. The van der Waals surface area contributed by atoms with Crippen LogP contribution in [-0.2, 0) is 0 Å². The van der Waals surface area contributed by atoms with Crippen LogP contribution in [0.15, 0.2) is 12.3 Å². The minimum Gasteiger partial charge on any atom is -0.251 e. The van der Waals surface area contributed by atoms with Crippen molar-refractivity contribution in [3.63, 3.8) is 0 Å². The molecule has 41 valence electrons. The second kappa shape index (κ2) is 1.90. The molecule has 0 spiro atoms. The summed E-state index contributed by atoms with van der Waals surface area (Å²) in [5.74, 6) is -0.398. The smallest absolute Gasteiger partial charge is 0.151 e. The summed E-state index contributed by atoms with van der Waals surface area (Å²) in [5, 5.41) is 0. The first-order chi connectivity index (χ1) is 3.79. The van der Waals surface area contributed by atoms with E-state index in [1.54, 1.807) is 13.1 Å². The lowest BCUT2D eigenvalue weighted by molar-refractivity contribution is 0.617. The van der Waals surface area contributed by atoms with Crippen LogP contribution >= 0.6 is 0 Å². The minimum absolute atomic E-state index is 0.398. The molecule has 0 fully saturated rings. The van der Waals surface area contributed by atoms with Crippen molar-refractivity contribution in [2.75, 3.05) is 0 Å². The summed E-state index contributed by atoms with van der Waals surface area (Å²) in [6.07, 6.45) is 3.71. The SMILES string of the molecule is Cc1cn[c]c(F)c1. The predicted molar refractivity (Wildman–Crippen MR) is 27.8 cm³/mol. The fourth-order valence-corrected chi connectivity index (χ4v) is 0.465. The summed E-state index contributed by atoms with van der Waals surface area (Å²) in [7, 11) is 0.